The molecule has 0 aliphatic heterocycles. The number of allylic oxidation sites excluding steroid dienone is 4. The molecule has 0 heterocycles. The van der Waals surface area contributed by atoms with Crippen molar-refractivity contribution in [3.8, 4) is 0 Å². The molecule has 2 unspecified atom stereocenters. The molecule has 0 fully saturated rings. The summed E-state index contributed by atoms with van der Waals surface area (Å²) in [5.41, 5.74) is 0. The Hall–Kier alpha value is -2.46. The summed E-state index contributed by atoms with van der Waals surface area (Å²) in [4.78, 5) is 72.9. The lowest BCUT2D eigenvalue weighted by Gasteiger charge is -2.21. The zero-order valence-electron chi connectivity index (χ0n) is 64.3. The highest BCUT2D eigenvalue weighted by atomic mass is 31.2. The topological polar surface area (TPSA) is 237 Å². The van der Waals surface area contributed by atoms with Gasteiger partial charge in [0.1, 0.15) is 19.3 Å². The van der Waals surface area contributed by atoms with Crippen molar-refractivity contribution < 1.29 is 80.2 Å². The number of aliphatic hydroxyl groups is 1. The number of aliphatic hydroxyl groups excluding tert-OH is 1. The third kappa shape index (κ3) is 73.6. The summed E-state index contributed by atoms with van der Waals surface area (Å²) >= 11 is 0. The first-order valence-corrected chi connectivity index (χ1v) is 43.8. The molecule has 0 aliphatic carbocycles. The van der Waals surface area contributed by atoms with E-state index in [1.165, 1.54) is 193 Å². The number of phosphoric acid groups is 2. The minimum absolute atomic E-state index is 0.0841. The van der Waals surface area contributed by atoms with Gasteiger partial charge in [-0.25, -0.2) is 9.13 Å². The molecule has 584 valence electrons. The summed E-state index contributed by atoms with van der Waals surface area (Å²) in [6.45, 7) is 9.50. The summed E-state index contributed by atoms with van der Waals surface area (Å²) < 4.78 is 68.6. The van der Waals surface area contributed by atoms with Gasteiger partial charge in [0.2, 0.25) is 0 Å². The molecule has 0 bridgehead atoms. The van der Waals surface area contributed by atoms with E-state index in [-0.39, 0.29) is 25.7 Å². The van der Waals surface area contributed by atoms with E-state index in [2.05, 4.69) is 65.8 Å². The monoisotopic (exact) mass is 1450 g/mol. The largest absolute Gasteiger partial charge is 0.472 e. The molecule has 0 aromatic heterocycles. The summed E-state index contributed by atoms with van der Waals surface area (Å²) in [5.74, 6) is -0.659. The number of phosphoric ester groups is 2. The molecule has 0 saturated heterocycles. The third-order valence-corrected chi connectivity index (χ3v) is 20.0. The fraction of sp³-hybridized carbons (Fsp3) is 0.900. The van der Waals surface area contributed by atoms with Crippen molar-refractivity contribution in [1.82, 2.24) is 0 Å². The van der Waals surface area contributed by atoms with E-state index in [0.29, 0.717) is 31.6 Å². The van der Waals surface area contributed by atoms with Crippen molar-refractivity contribution in [2.45, 2.75) is 413 Å². The van der Waals surface area contributed by atoms with E-state index in [1.54, 1.807) is 0 Å². The highest BCUT2D eigenvalue weighted by molar-refractivity contribution is 7.47. The molecule has 5 atom stereocenters. The molecular formula is C80H152O17P2. The van der Waals surface area contributed by atoms with Crippen LogP contribution in [0.1, 0.15) is 395 Å². The van der Waals surface area contributed by atoms with E-state index >= 15 is 0 Å². The molecular weight excluding hydrogens is 1290 g/mol. The first-order chi connectivity index (χ1) is 47.9. The SMILES string of the molecule is CCCCCC/C=C\C=C/CCCCCCCC(=O)O[C@H](COC(=O)CCCCCCCCC(C)C)COP(=O)(O)OC[C@H](O)COP(=O)(O)OC[C@@H](COC(=O)CCCCCCCCCCCCCCCCCC)OC(=O)CCCCCCCCCCCCCCCCCCC(C)C. The minimum Gasteiger partial charge on any atom is -0.462 e. The standard InChI is InChI=1S/C80H152O17P2/c1-7-9-11-13-15-17-19-21-23-28-31-35-39-43-50-56-62-77(82)90-68-75(96-79(84)64-59-53-45-41-37-33-29-25-24-27-30-34-38-42-48-54-60-72(3)4)70-94-98(86,87)92-66-74(81)67-93-99(88,89)95-71-76(69-91-78(83)63-57-51-47-46-49-55-61-73(5)6)97-80(85)65-58-52-44-40-36-32-26-22-20-18-16-14-12-10-8-2/h18,20,22,26,72-76,81H,7-17,19,21,23-25,27-71H2,1-6H3,(H,86,87)(H,88,89)/b20-18-,26-22-/t74-,75-,76-/m1/s1. The number of carbonyl (C=O) groups is 4. The molecule has 0 aromatic rings. The van der Waals surface area contributed by atoms with E-state index in [4.69, 9.17) is 37.0 Å². The lowest BCUT2D eigenvalue weighted by atomic mass is 10.0. The Morgan fingerprint density at radius 2 is 0.545 bits per heavy atom. The lowest BCUT2D eigenvalue weighted by Crippen LogP contribution is -2.30. The van der Waals surface area contributed by atoms with Crippen LogP contribution in [0.15, 0.2) is 24.3 Å². The number of hydrogen-bond acceptors (Lipinski definition) is 15. The van der Waals surface area contributed by atoms with E-state index in [1.807, 2.05) is 0 Å². The number of hydrogen-bond donors (Lipinski definition) is 3. The molecule has 3 N–H and O–H groups in total. The van der Waals surface area contributed by atoms with Crippen LogP contribution in [0.5, 0.6) is 0 Å². The maximum atomic E-state index is 13.1. The van der Waals surface area contributed by atoms with Gasteiger partial charge in [-0.05, 0) is 63.2 Å². The Morgan fingerprint density at radius 3 is 0.828 bits per heavy atom. The smallest absolute Gasteiger partial charge is 0.462 e. The second-order valence-electron chi connectivity index (χ2n) is 29.1. The summed E-state index contributed by atoms with van der Waals surface area (Å²) in [6, 6.07) is 0. The highest BCUT2D eigenvalue weighted by Crippen LogP contribution is 2.45. The molecule has 0 spiro atoms. The van der Waals surface area contributed by atoms with Crippen molar-refractivity contribution >= 4 is 39.5 Å². The second kappa shape index (κ2) is 71.2. The number of ether oxygens (including phenoxy) is 4. The summed E-state index contributed by atoms with van der Waals surface area (Å²) in [6.07, 6.45) is 63.4. The van der Waals surface area contributed by atoms with E-state index in [0.717, 1.165) is 115 Å². The Morgan fingerprint density at radius 1 is 0.313 bits per heavy atom. The molecule has 17 nitrogen and oxygen atoms in total. The average molecular weight is 1450 g/mol. The molecule has 0 aliphatic rings. The van der Waals surface area contributed by atoms with Gasteiger partial charge in [-0.15, -0.1) is 0 Å². The molecule has 19 heteroatoms. The maximum absolute atomic E-state index is 13.1. The van der Waals surface area contributed by atoms with E-state index in [9.17, 15) is 43.2 Å². The Bertz CT molecular complexity index is 2000. The summed E-state index contributed by atoms with van der Waals surface area (Å²) in [7, 11) is -9.93. The second-order valence-corrected chi connectivity index (χ2v) is 32.0. The van der Waals surface area contributed by atoms with Crippen LogP contribution < -0.4 is 0 Å². The van der Waals surface area contributed by atoms with Crippen molar-refractivity contribution in [2.75, 3.05) is 39.6 Å². The molecule has 0 radical (unpaired) electrons. The van der Waals surface area contributed by atoms with Crippen LogP contribution in [-0.2, 0) is 65.4 Å². The zero-order chi connectivity index (χ0) is 72.8. The van der Waals surface area contributed by atoms with Gasteiger partial charge in [-0.3, -0.25) is 37.3 Å². The van der Waals surface area contributed by atoms with Crippen LogP contribution in [0.2, 0.25) is 0 Å². The quantitative estimate of drug-likeness (QED) is 0.0169. The van der Waals surface area contributed by atoms with Gasteiger partial charge in [-0.2, -0.15) is 0 Å². The highest BCUT2D eigenvalue weighted by Gasteiger charge is 2.30. The number of carbonyl (C=O) groups excluding carboxylic acids is 4. The van der Waals surface area contributed by atoms with Crippen LogP contribution in [0.3, 0.4) is 0 Å². The van der Waals surface area contributed by atoms with Crippen molar-refractivity contribution in [2.24, 2.45) is 11.8 Å². The first-order valence-electron chi connectivity index (χ1n) is 40.8. The van der Waals surface area contributed by atoms with Gasteiger partial charge in [0.15, 0.2) is 12.2 Å². The van der Waals surface area contributed by atoms with Crippen molar-refractivity contribution in [3.63, 3.8) is 0 Å². The van der Waals surface area contributed by atoms with Gasteiger partial charge < -0.3 is 33.8 Å². The summed E-state index contributed by atoms with van der Waals surface area (Å²) in [5, 5.41) is 10.6. The third-order valence-electron chi connectivity index (χ3n) is 18.1. The Kier molecular flexibility index (Phi) is 69.4. The predicted octanol–water partition coefficient (Wildman–Crippen LogP) is 23.4. The van der Waals surface area contributed by atoms with E-state index < -0.39 is 97.5 Å². The molecule has 0 amide bonds. The molecule has 99 heavy (non-hydrogen) atoms. The van der Waals surface area contributed by atoms with Crippen LogP contribution in [-0.4, -0.2) is 96.7 Å². The van der Waals surface area contributed by atoms with Crippen molar-refractivity contribution in [3.05, 3.63) is 24.3 Å². The molecule has 0 rings (SSSR count). The Balaban J connectivity index is 5.26. The lowest BCUT2D eigenvalue weighted by molar-refractivity contribution is -0.161. The number of esters is 4. The van der Waals surface area contributed by atoms with Crippen LogP contribution in [0, 0.1) is 11.8 Å². The average Bonchev–Trinajstić information content (AvgIpc) is 1.03. The van der Waals surface area contributed by atoms with Gasteiger partial charge in [0.05, 0.1) is 26.4 Å². The molecule has 0 aromatic carbocycles. The minimum atomic E-state index is -4.97. The van der Waals surface area contributed by atoms with Gasteiger partial charge >= 0.3 is 39.5 Å². The van der Waals surface area contributed by atoms with Crippen molar-refractivity contribution in [1.29, 1.82) is 0 Å². The fourth-order valence-electron chi connectivity index (χ4n) is 11.8. The number of rotatable bonds is 77. The predicted molar refractivity (Wildman–Crippen MR) is 404 cm³/mol. The zero-order valence-corrected chi connectivity index (χ0v) is 66.1. The van der Waals surface area contributed by atoms with Gasteiger partial charge in [0, 0.05) is 25.7 Å². The van der Waals surface area contributed by atoms with Gasteiger partial charge in [0.25, 0.3) is 0 Å². The first kappa shape index (κ1) is 96.5. The normalized spacial score (nSPS) is 14.1. The Labute approximate surface area is 605 Å². The fourth-order valence-corrected chi connectivity index (χ4v) is 13.4. The van der Waals surface area contributed by atoms with Crippen LogP contribution in [0.4, 0.5) is 0 Å². The van der Waals surface area contributed by atoms with Crippen LogP contribution in [0.25, 0.3) is 0 Å². The van der Waals surface area contributed by atoms with Crippen LogP contribution >= 0.6 is 15.6 Å². The van der Waals surface area contributed by atoms with Gasteiger partial charge in [-0.1, -0.05) is 342 Å². The molecule has 0 saturated carbocycles. The number of unbranched alkanes of at least 4 members (excludes halogenated alkanes) is 44. The maximum Gasteiger partial charge on any atom is 0.472 e.